The van der Waals surface area contributed by atoms with Crippen molar-refractivity contribution < 1.29 is 13.9 Å². The lowest BCUT2D eigenvalue weighted by molar-refractivity contribution is 0.0527. The monoisotopic (exact) mass is 360 g/mol. The van der Waals surface area contributed by atoms with Gasteiger partial charge in [-0.25, -0.2) is 8.78 Å². The van der Waals surface area contributed by atoms with Crippen LogP contribution in [0.4, 0.5) is 8.78 Å². The second-order valence-electron chi connectivity index (χ2n) is 7.12. The van der Waals surface area contributed by atoms with E-state index in [9.17, 15) is 13.9 Å². The van der Waals surface area contributed by atoms with E-state index in [1.165, 1.54) is 24.3 Å². The number of β-amino-alcohol motifs (C(OH)–C–C–N with tert-alkyl or cyclic N) is 1. The summed E-state index contributed by atoms with van der Waals surface area (Å²) in [6.07, 6.45) is 2.14. The lowest BCUT2D eigenvalue weighted by Crippen LogP contribution is -2.50. The van der Waals surface area contributed by atoms with Gasteiger partial charge in [-0.1, -0.05) is 24.3 Å². The van der Waals surface area contributed by atoms with Gasteiger partial charge in [-0.05, 0) is 67.7 Å². The standard InChI is InChI=1S/C21H26F2N2O/c22-17-7-3-15(4-8-17)19(16-5-9-18(23)10-6-16)2-1-12-25-13-11-20(24)21(26)14-25/h3-10,19-21,26H,1-2,11-14,24H2/t20-,21-/m0/s1. The average molecular weight is 360 g/mol. The molecule has 26 heavy (non-hydrogen) atoms. The molecule has 1 fully saturated rings. The van der Waals surface area contributed by atoms with Crippen LogP contribution in [0.5, 0.6) is 0 Å². The fraction of sp³-hybridized carbons (Fsp3) is 0.429. The zero-order chi connectivity index (χ0) is 18.5. The van der Waals surface area contributed by atoms with Crippen molar-refractivity contribution in [2.75, 3.05) is 19.6 Å². The molecule has 0 aliphatic carbocycles. The molecule has 140 valence electrons. The van der Waals surface area contributed by atoms with Crippen molar-refractivity contribution >= 4 is 0 Å². The Morgan fingerprint density at radius 3 is 2.04 bits per heavy atom. The van der Waals surface area contributed by atoms with Crippen molar-refractivity contribution in [2.24, 2.45) is 5.73 Å². The van der Waals surface area contributed by atoms with E-state index in [0.717, 1.165) is 43.5 Å². The SMILES string of the molecule is N[C@H]1CCN(CCCC(c2ccc(F)cc2)c2ccc(F)cc2)C[C@@H]1O. The van der Waals surface area contributed by atoms with Crippen LogP contribution in [0.3, 0.4) is 0 Å². The molecule has 0 bridgehead atoms. The first-order chi connectivity index (χ1) is 12.5. The van der Waals surface area contributed by atoms with Crippen molar-refractivity contribution in [1.29, 1.82) is 0 Å². The number of halogens is 2. The van der Waals surface area contributed by atoms with Gasteiger partial charge in [0.2, 0.25) is 0 Å². The Balaban J connectivity index is 1.66. The smallest absolute Gasteiger partial charge is 0.123 e. The van der Waals surface area contributed by atoms with E-state index in [1.807, 2.05) is 0 Å². The molecule has 1 aliphatic heterocycles. The van der Waals surface area contributed by atoms with E-state index < -0.39 is 6.10 Å². The van der Waals surface area contributed by atoms with Gasteiger partial charge in [0, 0.05) is 18.5 Å². The molecule has 2 aromatic rings. The number of nitrogens with two attached hydrogens (primary N) is 1. The normalized spacial score (nSPS) is 21.3. The minimum absolute atomic E-state index is 0.0909. The van der Waals surface area contributed by atoms with Crippen LogP contribution >= 0.6 is 0 Å². The molecule has 3 rings (SSSR count). The van der Waals surface area contributed by atoms with Gasteiger partial charge in [0.1, 0.15) is 11.6 Å². The highest BCUT2D eigenvalue weighted by Crippen LogP contribution is 2.30. The van der Waals surface area contributed by atoms with Gasteiger partial charge in [0.05, 0.1) is 6.10 Å². The summed E-state index contributed by atoms with van der Waals surface area (Å²) in [6, 6.07) is 12.9. The first kappa shape index (κ1) is 19.0. The first-order valence-corrected chi connectivity index (χ1v) is 9.20. The second kappa shape index (κ2) is 8.71. The third kappa shape index (κ3) is 4.87. The Morgan fingerprint density at radius 1 is 1.00 bits per heavy atom. The molecule has 1 aliphatic rings. The summed E-state index contributed by atoms with van der Waals surface area (Å²) in [5.41, 5.74) is 7.91. The quantitative estimate of drug-likeness (QED) is 0.831. The lowest BCUT2D eigenvalue weighted by Gasteiger charge is -2.34. The molecule has 3 nitrogen and oxygen atoms in total. The highest BCUT2D eigenvalue weighted by molar-refractivity contribution is 5.32. The predicted molar refractivity (Wildman–Crippen MR) is 98.9 cm³/mol. The van der Waals surface area contributed by atoms with E-state index in [4.69, 9.17) is 5.73 Å². The highest BCUT2D eigenvalue weighted by atomic mass is 19.1. The molecule has 1 heterocycles. The van der Waals surface area contributed by atoms with Crippen molar-refractivity contribution in [3.8, 4) is 0 Å². The molecule has 0 aromatic heterocycles. The van der Waals surface area contributed by atoms with E-state index in [1.54, 1.807) is 24.3 Å². The Kier molecular flexibility index (Phi) is 6.35. The maximum absolute atomic E-state index is 13.3. The highest BCUT2D eigenvalue weighted by Gasteiger charge is 2.24. The fourth-order valence-corrected chi connectivity index (χ4v) is 3.65. The Labute approximate surface area is 153 Å². The van der Waals surface area contributed by atoms with E-state index >= 15 is 0 Å². The van der Waals surface area contributed by atoms with Crippen LogP contribution in [-0.4, -0.2) is 41.8 Å². The van der Waals surface area contributed by atoms with Crippen LogP contribution in [0.2, 0.25) is 0 Å². The number of piperidine rings is 1. The van der Waals surface area contributed by atoms with Crippen molar-refractivity contribution in [3.05, 3.63) is 71.3 Å². The Morgan fingerprint density at radius 2 is 1.54 bits per heavy atom. The zero-order valence-corrected chi connectivity index (χ0v) is 14.8. The molecule has 1 saturated heterocycles. The van der Waals surface area contributed by atoms with Crippen LogP contribution < -0.4 is 5.73 Å². The van der Waals surface area contributed by atoms with Gasteiger partial charge in [0.15, 0.2) is 0 Å². The molecule has 0 unspecified atom stereocenters. The van der Waals surface area contributed by atoms with Gasteiger partial charge in [0.25, 0.3) is 0 Å². The molecule has 3 N–H and O–H groups in total. The molecule has 2 atom stereocenters. The summed E-state index contributed by atoms with van der Waals surface area (Å²) in [5, 5.41) is 9.93. The maximum Gasteiger partial charge on any atom is 0.123 e. The average Bonchev–Trinajstić information content (AvgIpc) is 2.64. The summed E-state index contributed by atoms with van der Waals surface area (Å²) in [5.74, 6) is -0.427. The van der Waals surface area contributed by atoms with Crippen LogP contribution in [0.15, 0.2) is 48.5 Å². The summed E-state index contributed by atoms with van der Waals surface area (Å²) in [4.78, 5) is 2.24. The molecule has 5 heteroatoms. The minimum Gasteiger partial charge on any atom is -0.390 e. The number of likely N-dealkylation sites (tertiary alicyclic amines) is 1. The molecule has 0 saturated carbocycles. The lowest BCUT2D eigenvalue weighted by atomic mass is 9.87. The first-order valence-electron chi connectivity index (χ1n) is 9.20. The second-order valence-corrected chi connectivity index (χ2v) is 7.12. The molecule has 2 aromatic carbocycles. The fourth-order valence-electron chi connectivity index (χ4n) is 3.65. The predicted octanol–water partition coefficient (Wildman–Crippen LogP) is 3.27. The molecule has 0 spiro atoms. The Hall–Kier alpha value is -1.82. The van der Waals surface area contributed by atoms with E-state index in [0.29, 0.717) is 6.54 Å². The molecule has 0 radical (unpaired) electrons. The van der Waals surface area contributed by atoms with Crippen molar-refractivity contribution in [2.45, 2.75) is 37.3 Å². The van der Waals surface area contributed by atoms with Gasteiger partial charge in [-0.15, -0.1) is 0 Å². The van der Waals surface area contributed by atoms with E-state index in [2.05, 4.69) is 4.90 Å². The van der Waals surface area contributed by atoms with Gasteiger partial charge in [-0.2, -0.15) is 0 Å². The summed E-state index contributed by atoms with van der Waals surface area (Å²) >= 11 is 0. The molecular formula is C21H26F2N2O. The van der Waals surface area contributed by atoms with Gasteiger partial charge < -0.3 is 15.7 Å². The summed E-state index contributed by atoms with van der Waals surface area (Å²) in [7, 11) is 0. The number of rotatable bonds is 6. The number of aliphatic hydroxyl groups excluding tert-OH is 1. The molecular weight excluding hydrogens is 334 g/mol. The third-order valence-corrected chi connectivity index (χ3v) is 5.23. The van der Waals surface area contributed by atoms with Gasteiger partial charge >= 0.3 is 0 Å². The summed E-state index contributed by atoms with van der Waals surface area (Å²) in [6.45, 7) is 2.39. The number of hydrogen-bond acceptors (Lipinski definition) is 3. The maximum atomic E-state index is 13.3. The Bertz CT molecular complexity index is 645. The molecule has 0 amide bonds. The number of aliphatic hydroxyl groups is 1. The van der Waals surface area contributed by atoms with Crippen LogP contribution in [0, 0.1) is 11.6 Å². The van der Waals surface area contributed by atoms with Crippen LogP contribution in [-0.2, 0) is 0 Å². The van der Waals surface area contributed by atoms with Gasteiger partial charge in [-0.3, -0.25) is 0 Å². The number of nitrogens with zero attached hydrogens (tertiary/aromatic N) is 1. The minimum atomic E-state index is -0.464. The third-order valence-electron chi connectivity index (χ3n) is 5.23. The number of benzene rings is 2. The van der Waals surface area contributed by atoms with Crippen molar-refractivity contribution in [1.82, 2.24) is 4.90 Å². The van der Waals surface area contributed by atoms with Crippen LogP contribution in [0.1, 0.15) is 36.3 Å². The zero-order valence-electron chi connectivity index (χ0n) is 14.8. The summed E-state index contributed by atoms with van der Waals surface area (Å²) < 4.78 is 26.6. The number of hydrogen-bond donors (Lipinski definition) is 2. The largest absolute Gasteiger partial charge is 0.390 e. The van der Waals surface area contributed by atoms with E-state index in [-0.39, 0.29) is 23.6 Å². The van der Waals surface area contributed by atoms with Crippen LogP contribution in [0.25, 0.3) is 0 Å². The van der Waals surface area contributed by atoms with Crippen molar-refractivity contribution in [3.63, 3.8) is 0 Å². The topological polar surface area (TPSA) is 49.5 Å².